The molecular formula is C18H15ClN4O2. The summed E-state index contributed by atoms with van der Waals surface area (Å²) in [7, 11) is 0. The highest BCUT2D eigenvalue weighted by Gasteiger charge is 2.14. The first-order chi connectivity index (χ1) is 12.0. The zero-order valence-electron chi connectivity index (χ0n) is 13.7. The molecule has 0 saturated carbocycles. The van der Waals surface area contributed by atoms with E-state index in [0.29, 0.717) is 28.0 Å². The summed E-state index contributed by atoms with van der Waals surface area (Å²) >= 11 is 5.83. The van der Waals surface area contributed by atoms with Crippen molar-refractivity contribution in [3.05, 3.63) is 64.7 Å². The highest BCUT2D eigenvalue weighted by atomic mass is 35.5. The largest absolute Gasteiger partial charge is 0.469 e. The van der Waals surface area contributed by atoms with E-state index in [4.69, 9.17) is 16.3 Å². The standard InChI is InChI=1S/C18H15ClN4O2/c1-11-12(2)22-17(15-9-20-7-8-21-15)23-18(11)25-10-16(24)13-3-5-14(19)6-4-13/h3-9H,10H2,1-2H3. The fourth-order valence-corrected chi connectivity index (χ4v) is 2.25. The molecule has 1 aromatic carbocycles. The van der Waals surface area contributed by atoms with Crippen LogP contribution < -0.4 is 4.74 Å². The number of nitrogens with zero attached hydrogens (tertiary/aromatic N) is 4. The molecule has 0 spiro atoms. The minimum absolute atomic E-state index is 0.126. The normalized spacial score (nSPS) is 10.5. The Kier molecular flexibility index (Phi) is 5.00. The zero-order chi connectivity index (χ0) is 17.8. The van der Waals surface area contributed by atoms with Gasteiger partial charge < -0.3 is 4.74 Å². The molecular weight excluding hydrogens is 340 g/mol. The van der Waals surface area contributed by atoms with Crippen LogP contribution in [-0.4, -0.2) is 32.3 Å². The highest BCUT2D eigenvalue weighted by molar-refractivity contribution is 6.30. The molecule has 0 fully saturated rings. The van der Waals surface area contributed by atoms with Crippen LogP contribution in [0, 0.1) is 13.8 Å². The maximum absolute atomic E-state index is 12.2. The summed E-state index contributed by atoms with van der Waals surface area (Å²) in [5.41, 5.74) is 2.60. The Labute approximate surface area is 149 Å². The molecule has 0 aliphatic heterocycles. The van der Waals surface area contributed by atoms with Gasteiger partial charge in [-0.15, -0.1) is 0 Å². The summed E-state index contributed by atoms with van der Waals surface area (Å²) in [4.78, 5) is 29.2. The van der Waals surface area contributed by atoms with Crippen LogP contribution in [0.1, 0.15) is 21.6 Å². The lowest BCUT2D eigenvalue weighted by molar-refractivity contribution is 0.0917. The Bertz CT molecular complexity index is 899. The SMILES string of the molecule is Cc1nc(-c2cnccn2)nc(OCC(=O)c2ccc(Cl)cc2)c1C. The highest BCUT2D eigenvalue weighted by Crippen LogP contribution is 2.22. The van der Waals surface area contributed by atoms with Crippen LogP contribution in [0.15, 0.2) is 42.9 Å². The number of carbonyl (C=O) groups is 1. The zero-order valence-corrected chi connectivity index (χ0v) is 14.5. The molecule has 0 aliphatic rings. The van der Waals surface area contributed by atoms with Gasteiger partial charge in [-0.1, -0.05) is 11.6 Å². The fraction of sp³-hybridized carbons (Fsp3) is 0.167. The van der Waals surface area contributed by atoms with Crippen LogP contribution in [0.3, 0.4) is 0 Å². The number of hydrogen-bond acceptors (Lipinski definition) is 6. The first kappa shape index (κ1) is 17.0. The van der Waals surface area contributed by atoms with E-state index >= 15 is 0 Å². The smallest absolute Gasteiger partial charge is 0.220 e. The van der Waals surface area contributed by atoms with Crippen molar-refractivity contribution in [2.75, 3.05) is 6.61 Å². The van der Waals surface area contributed by atoms with Gasteiger partial charge in [0.1, 0.15) is 5.69 Å². The summed E-state index contributed by atoms with van der Waals surface area (Å²) in [6.07, 6.45) is 4.72. The van der Waals surface area contributed by atoms with Gasteiger partial charge in [-0.3, -0.25) is 9.78 Å². The van der Waals surface area contributed by atoms with Crippen LogP contribution >= 0.6 is 11.6 Å². The number of aromatic nitrogens is 4. The molecule has 7 heteroatoms. The monoisotopic (exact) mass is 354 g/mol. The molecule has 3 aromatic rings. The number of halogens is 1. The van der Waals surface area contributed by atoms with Gasteiger partial charge in [0, 0.05) is 34.2 Å². The average molecular weight is 355 g/mol. The molecule has 0 atom stereocenters. The minimum Gasteiger partial charge on any atom is -0.469 e. The van der Waals surface area contributed by atoms with Crippen LogP contribution in [0.5, 0.6) is 5.88 Å². The molecule has 0 N–H and O–H groups in total. The second-order valence-electron chi connectivity index (χ2n) is 5.37. The van der Waals surface area contributed by atoms with Crippen molar-refractivity contribution in [1.82, 2.24) is 19.9 Å². The van der Waals surface area contributed by atoms with E-state index in [1.54, 1.807) is 42.9 Å². The van der Waals surface area contributed by atoms with E-state index in [2.05, 4.69) is 19.9 Å². The van der Waals surface area contributed by atoms with Crippen molar-refractivity contribution >= 4 is 17.4 Å². The van der Waals surface area contributed by atoms with E-state index in [9.17, 15) is 4.79 Å². The summed E-state index contributed by atoms with van der Waals surface area (Å²) in [6, 6.07) is 6.66. The lowest BCUT2D eigenvalue weighted by Gasteiger charge is -2.11. The first-order valence-corrected chi connectivity index (χ1v) is 7.95. The van der Waals surface area contributed by atoms with Crippen molar-refractivity contribution in [3.8, 4) is 17.4 Å². The Hall–Kier alpha value is -2.86. The maximum atomic E-state index is 12.2. The number of ether oxygens (including phenoxy) is 1. The Morgan fingerprint density at radius 2 is 1.88 bits per heavy atom. The quantitative estimate of drug-likeness (QED) is 0.653. The number of hydrogen-bond donors (Lipinski definition) is 0. The molecule has 0 amide bonds. The number of rotatable bonds is 5. The average Bonchev–Trinajstić information content (AvgIpc) is 2.64. The molecule has 6 nitrogen and oxygen atoms in total. The van der Waals surface area contributed by atoms with E-state index in [0.717, 1.165) is 11.3 Å². The van der Waals surface area contributed by atoms with Gasteiger partial charge in [0.25, 0.3) is 0 Å². The number of carbonyl (C=O) groups excluding carboxylic acids is 1. The third-order valence-corrected chi connectivity index (χ3v) is 3.89. The second-order valence-corrected chi connectivity index (χ2v) is 5.81. The summed E-state index contributed by atoms with van der Waals surface area (Å²) in [6.45, 7) is 3.57. The number of Topliss-reactive ketones (excluding diaryl/α,β-unsaturated/α-hetero) is 1. The topological polar surface area (TPSA) is 77.9 Å². The third-order valence-electron chi connectivity index (χ3n) is 3.64. The van der Waals surface area contributed by atoms with Crippen LogP contribution in [0.2, 0.25) is 5.02 Å². The summed E-state index contributed by atoms with van der Waals surface area (Å²) < 4.78 is 5.64. The van der Waals surface area contributed by atoms with Gasteiger partial charge in [0.15, 0.2) is 18.2 Å². The first-order valence-electron chi connectivity index (χ1n) is 7.58. The fourth-order valence-electron chi connectivity index (χ4n) is 2.13. The number of aryl methyl sites for hydroxylation is 1. The van der Waals surface area contributed by atoms with E-state index in [1.165, 1.54) is 0 Å². The Morgan fingerprint density at radius 3 is 2.56 bits per heavy atom. The molecule has 25 heavy (non-hydrogen) atoms. The number of ketones is 1. The van der Waals surface area contributed by atoms with Crippen molar-refractivity contribution in [3.63, 3.8) is 0 Å². The molecule has 3 rings (SSSR count). The van der Waals surface area contributed by atoms with Crippen LogP contribution in [-0.2, 0) is 0 Å². The van der Waals surface area contributed by atoms with Gasteiger partial charge in [-0.2, -0.15) is 4.98 Å². The summed E-state index contributed by atoms with van der Waals surface area (Å²) in [5.74, 6) is 0.606. The minimum atomic E-state index is -0.159. The van der Waals surface area contributed by atoms with Crippen molar-refractivity contribution in [2.24, 2.45) is 0 Å². The van der Waals surface area contributed by atoms with Crippen molar-refractivity contribution < 1.29 is 9.53 Å². The lowest BCUT2D eigenvalue weighted by Crippen LogP contribution is -2.14. The van der Waals surface area contributed by atoms with Gasteiger partial charge >= 0.3 is 0 Å². The predicted octanol–water partition coefficient (Wildman–Crippen LogP) is 3.47. The molecule has 0 radical (unpaired) electrons. The summed E-state index contributed by atoms with van der Waals surface area (Å²) in [5, 5.41) is 0.577. The van der Waals surface area contributed by atoms with E-state index in [-0.39, 0.29) is 12.4 Å². The Balaban J connectivity index is 1.81. The van der Waals surface area contributed by atoms with Crippen LogP contribution in [0.25, 0.3) is 11.5 Å². The molecule has 0 aliphatic carbocycles. The van der Waals surface area contributed by atoms with Crippen molar-refractivity contribution in [2.45, 2.75) is 13.8 Å². The van der Waals surface area contributed by atoms with E-state index < -0.39 is 0 Å². The van der Waals surface area contributed by atoms with Crippen LogP contribution in [0.4, 0.5) is 0 Å². The number of benzene rings is 1. The molecule has 126 valence electrons. The van der Waals surface area contributed by atoms with Crippen molar-refractivity contribution in [1.29, 1.82) is 0 Å². The molecule has 0 unspecified atom stereocenters. The third kappa shape index (κ3) is 3.97. The lowest BCUT2D eigenvalue weighted by atomic mass is 10.1. The Morgan fingerprint density at radius 1 is 1.12 bits per heavy atom. The molecule has 0 saturated heterocycles. The molecule has 0 bridgehead atoms. The molecule has 2 heterocycles. The predicted molar refractivity (Wildman–Crippen MR) is 93.8 cm³/mol. The van der Waals surface area contributed by atoms with Gasteiger partial charge in [0.2, 0.25) is 5.88 Å². The second kappa shape index (κ2) is 7.36. The molecule has 2 aromatic heterocycles. The van der Waals surface area contributed by atoms with Gasteiger partial charge in [-0.25, -0.2) is 9.97 Å². The van der Waals surface area contributed by atoms with Gasteiger partial charge in [-0.05, 0) is 38.1 Å². The maximum Gasteiger partial charge on any atom is 0.220 e. The van der Waals surface area contributed by atoms with Gasteiger partial charge in [0.05, 0.1) is 6.20 Å². The van der Waals surface area contributed by atoms with E-state index in [1.807, 2.05) is 13.8 Å².